The predicted octanol–water partition coefficient (Wildman–Crippen LogP) is 4.17. The minimum Gasteiger partial charge on any atom is -0.170 e. The van der Waals surface area contributed by atoms with E-state index in [1.165, 1.54) is 6.08 Å². The highest BCUT2D eigenvalue weighted by Gasteiger charge is 2.69. The summed E-state index contributed by atoms with van der Waals surface area (Å²) in [6.45, 7) is 3.16. The molecular weight excluding hydrogens is 234 g/mol. The molecule has 0 amide bonds. The second-order valence-electron chi connectivity index (χ2n) is 3.42. The number of halogens is 6. The van der Waals surface area contributed by atoms with E-state index in [1.54, 1.807) is 0 Å². The van der Waals surface area contributed by atoms with E-state index < -0.39 is 24.2 Å². The molecule has 1 aliphatic carbocycles. The van der Waals surface area contributed by atoms with Gasteiger partial charge < -0.3 is 0 Å². The van der Waals surface area contributed by atoms with Crippen molar-refractivity contribution in [2.75, 3.05) is 0 Å². The molecule has 0 N–H and O–H groups in total. The Labute approximate surface area is 87.9 Å². The van der Waals surface area contributed by atoms with Gasteiger partial charge in [0.1, 0.15) is 0 Å². The van der Waals surface area contributed by atoms with Crippen LogP contribution in [0.3, 0.4) is 0 Å². The van der Waals surface area contributed by atoms with Gasteiger partial charge in [0, 0.05) is 0 Å². The molecule has 16 heavy (non-hydrogen) atoms. The van der Waals surface area contributed by atoms with E-state index in [2.05, 4.69) is 6.58 Å². The van der Waals surface area contributed by atoms with Crippen LogP contribution in [0.5, 0.6) is 0 Å². The molecule has 0 aromatic heterocycles. The van der Waals surface area contributed by atoms with Gasteiger partial charge >= 0.3 is 12.4 Å². The maximum atomic E-state index is 12.6. The highest BCUT2D eigenvalue weighted by atomic mass is 19.4. The first-order valence-electron chi connectivity index (χ1n) is 4.29. The fraction of sp³-hybridized carbons (Fsp3) is 0.400. The molecule has 0 saturated carbocycles. The van der Waals surface area contributed by atoms with E-state index in [0.717, 1.165) is 12.2 Å². The molecule has 0 aromatic rings. The molecule has 0 aliphatic heterocycles. The van der Waals surface area contributed by atoms with Crippen LogP contribution >= 0.6 is 0 Å². The molecular formula is C10H8F6. The van der Waals surface area contributed by atoms with Crippen LogP contribution in [0.15, 0.2) is 36.5 Å². The predicted molar refractivity (Wildman–Crippen MR) is 46.6 cm³/mol. The van der Waals surface area contributed by atoms with Gasteiger partial charge in [-0.15, -0.1) is 0 Å². The Morgan fingerprint density at radius 3 is 2.00 bits per heavy atom. The SMILES string of the molecule is C=CC1=CC(C(F)(F)F)(C(F)(F)F)CC=C1. The Morgan fingerprint density at radius 2 is 1.62 bits per heavy atom. The Bertz CT molecular complexity index is 327. The Kier molecular flexibility index (Phi) is 2.96. The van der Waals surface area contributed by atoms with E-state index >= 15 is 0 Å². The van der Waals surface area contributed by atoms with Crippen molar-refractivity contribution in [2.24, 2.45) is 5.41 Å². The number of allylic oxidation sites excluding steroid dienone is 5. The van der Waals surface area contributed by atoms with Gasteiger partial charge in [-0.2, -0.15) is 26.3 Å². The molecule has 0 radical (unpaired) electrons. The maximum Gasteiger partial charge on any atom is 0.406 e. The monoisotopic (exact) mass is 242 g/mol. The molecule has 90 valence electrons. The van der Waals surface area contributed by atoms with Crippen LogP contribution in [0.4, 0.5) is 26.3 Å². The largest absolute Gasteiger partial charge is 0.406 e. The van der Waals surface area contributed by atoms with Crippen molar-refractivity contribution in [3.63, 3.8) is 0 Å². The zero-order chi connectivity index (χ0) is 12.6. The third-order valence-electron chi connectivity index (χ3n) is 2.41. The van der Waals surface area contributed by atoms with Gasteiger partial charge in [-0.1, -0.05) is 30.9 Å². The lowest BCUT2D eigenvalue weighted by Gasteiger charge is -2.36. The summed E-state index contributed by atoms with van der Waals surface area (Å²) in [5, 5.41) is 0. The van der Waals surface area contributed by atoms with Crippen molar-refractivity contribution in [3.8, 4) is 0 Å². The summed E-state index contributed by atoms with van der Waals surface area (Å²) in [5.74, 6) is 0. The van der Waals surface area contributed by atoms with Gasteiger partial charge in [0.05, 0.1) is 0 Å². The maximum absolute atomic E-state index is 12.6. The number of hydrogen-bond acceptors (Lipinski definition) is 0. The summed E-state index contributed by atoms with van der Waals surface area (Å²) in [4.78, 5) is 0. The smallest absolute Gasteiger partial charge is 0.170 e. The Balaban J connectivity index is 3.34. The molecule has 0 unspecified atom stereocenters. The quantitative estimate of drug-likeness (QED) is 0.605. The fourth-order valence-corrected chi connectivity index (χ4v) is 1.46. The van der Waals surface area contributed by atoms with E-state index in [4.69, 9.17) is 0 Å². The second kappa shape index (κ2) is 3.68. The van der Waals surface area contributed by atoms with Crippen LogP contribution in [-0.4, -0.2) is 12.4 Å². The van der Waals surface area contributed by atoms with Crippen LogP contribution in [0.1, 0.15) is 6.42 Å². The van der Waals surface area contributed by atoms with Gasteiger partial charge in [0.2, 0.25) is 0 Å². The zero-order valence-corrected chi connectivity index (χ0v) is 7.99. The van der Waals surface area contributed by atoms with Crippen molar-refractivity contribution in [3.05, 3.63) is 36.5 Å². The van der Waals surface area contributed by atoms with E-state index in [0.29, 0.717) is 0 Å². The molecule has 0 saturated heterocycles. The molecule has 0 nitrogen and oxygen atoms in total. The molecule has 0 aromatic carbocycles. The Morgan fingerprint density at radius 1 is 1.12 bits per heavy atom. The van der Waals surface area contributed by atoms with Gasteiger partial charge in [0.25, 0.3) is 0 Å². The minimum absolute atomic E-state index is 0.180. The van der Waals surface area contributed by atoms with Crippen molar-refractivity contribution < 1.29 is 26.3 Å². The van der Waals surface area contributed by atoms with Gasteiger partial charge in [-0.05, 0) is 12.0 Å². The molecule has 1 aliphatic rings. The van der Waals surface area contributed by atoms with E-state index in [-0.39, 0.29) is 11.6 Å². The number of hydrogen-bond donors (Lipinski definition) is 0. The molecule has 0 fully saturated rings. The third-order valence-corrected chi connectivity index (χ3v) is 2.41. The normalized spacial score (nSPS) is 20.5. The summed E-state index contributed by atoms with van der Waals surface area (Å²) in [6.07, 6.45) is -8.69. The molecule has 0 heterocycles. The Hall–Kier alpha value is -1.20. The number of alkyl halides is 6. The minimum atomic E-state index is -5.37. The summed E-state index contributed by atoms with van der Waals surface area (Å²) in [5.41, 5.74) is -3.97. The van der Waals surface area contributed by atoms with Crippen molar-refractivity contribution in [2.45, 2.75) is 18.8 Å². The lowest BCUT2D eigenvalue weighted by molar-refractivity contribution is -0.320. The molecule has 1 rings (SSSR count). The molecule has 0 bridgehead atoms. The van der Waals surface area contributed by atoms with Crippen LogP contribution in [0.25, 0.3) is 0 Å². The van der Waals surface area contributed by atoms with Gasteiger partial charge in [-0.3, -0.25) is 0 Å². The topological polar surface area (TPSA) is 0 Å². The first-order chi connectivity index (χ1) is 7.14. The molecule has 0 atom stereocenters. The average Bonchev–Trinajstić information content (AvgIpc) is 2.14. The zero-order valence-electron chi connectivity index (χ0n) is 7.99. The van der Waals surface area contributed by atoms with Crippen LogP contribution < -0.4 is 0 Å². The average molecular weight is 242 g/mol. The van der Waals surface area contributed by atoms with Gasteiger partial charge in [0.15, 0.2) is 5.41 Å². The first-order valence-corrected chi connectivity index (χ1v) is 4.29. The summed E-state index contributed by atoms with van der Waals surface area (Å²) in [6, 6.07) is 0. The van der Waals surface area contributed by atoms with Crippen LogP contribution in [0.2, 0.25) is 0 Å². The molecule has 6 heteroatoms. The van der Waals surface area contributed by atoms with Crippen molar-refractivity contribution in [1.82, 2.24) is 0 Å². The summed E-state index contributed by atoms with van der Waals surface area (Å²) in [7, 11) is 0. The van der Waals surface area contributed by atoms with Crippen molar-refractivity contribution >= 4 is 0 Å². The van der Waals surface area contributed by atoms with Crippen LogP contribution in [-0.2, 0) is 0 Å². The third kappa shape index (κ3) is 1.88. The summed E-state index contributed by atoms with van der Waals surface area (Å²) >= 11 is 0. The van der Waals surface area contributed by atoms with Crippen molar-refractivity contribution in [1.29, 1.82) is 0 Å². The highest BCUT2D eigenvalue weighted by Crippen LogP contribution is 2.55. The van der Waals surface area contributed by atoms with Gasteiger partial charge in [-0.25, -0.2) is 0 Å². The second-order valence-corrected chi connectivity index (χ2v) is 3.42. The first kappa shape index (κ1) is 12.9. The lowest BCUT2D eigenvalue weighted by atomic mass is 9.78. The van der Waals surface area contributed by atoms with Crippen LogP contribution in [0, 0.1) is 5.41 Å². The summed E-state index contributed by atoms with van der Waals surface area (Å²) < 4.78 is 75.4. The fourth-order valence-electron chi connectivity index (χ4n) is 1.46. The lowest BCUT2D eigenvalue weighted by Crippen LogP contribution is -2.49. The highest BCUT2D eigenvalue weighted by molar-refractivity contribution is 5.36. The molecule has 0 spiro atoms. The van der Waals surface area contributed by atoms with E-state index in [9.17, 15) is 26.3 Å². The number of rotatable bonds is 1. The standard InChI is InChI=1S/C10H8F6/c1-2-7-4-3-5-8(6-7,9(11,12)13)10(14,15)16/h2-4,6H,1,5H2. The van der Waals surface area contributed by atoms with E-state index in [1.807, 2.05) is 0 Å².